The zero-order valence-electron chi connectivity index (χ0n) is 12.9. The summed E-state index contributed by atoms with van der Waals surface area (Å²) in [7, 11) is 0. The summed E-state index contributed by atoms with van der Waals surface area (Å²) >= 11 is 0. The van der Waals surface area contributed by atoms with Crippen LogP contribution >= 0.6 is 0 Å². The molecule has 0 fully saturated rings. The van der Waals surface area contributed by atoms with E-state index in [0.717, 1.165) is 33.6 Å². The normalized spacial score (nSPS) is 11.7. The van der Waals surface area contributed by atoms with Crippen molar-refractivity contribution in [3.8, 4) is 0 Å². The van der Waals surface area contributed by atoms with E-state index in [9.17, 15) is 0 Å². The summed E-state index contributed by atoms with van der Waals surface area (Å²) in [6, 6.07) is 12.1. The van der Waals surface area contributed by atoms with Crippen molar-refractivity contribution in [1.29, 1.82) is 0 Å². The van der Waals surface area contributed by atoms with Crippen LogP contribution in [0, 0.1) is 13.8 Å². The van der Waals surface area contributed by atoms with Gasteiger partial charge in [-0.1, -0.05) is 24.3 Å². The van der Waals surface area contributed by atoms with E-state index >= 15 is 0 Å². The first-order valence-corrected chi connectivity index (χ1v) is 7.43. The number of hydrogen-bond donors (Lipinski definition) is 0. The molecule has 112 valence electrons. The molecule has 0 radical (unpaired) electrons. The topological polar surface area (TPSA) is 56.0 Å². The Labute approximate surface area is 133 Å². The Morgan fingerprint density at radius 3 is 2.70 bits per heavy atom. The maximum absolute atomic E-state index is 4.62. The average molecular weight is 301 g/mol. The first-order chi connectivity index (χ1) is 11.2. The van der Waals surface area contributed by atoms with E-state index in [1.165, 1.54) is 0 Å². The van der Waals surface area contributed by atoms with E-state index in [2.05, 4.69) is 32.2 Å². The number of nitrogens with zero attached hydrogens (tertiary/aromatic N) is 5. The van der Waals surface area contributed by atoms with Gasteiger partial charge in [-0.05, 0) is 38.1 Å². The van der Waals surface area contributed by atoms with Crippen LogP contribution in [-0.4, -0.2) is 24.6 Å². The molecule has 0 aliphatic rings. The number of aromatic nitrogens is 5. The summed E-state index contributed by atoms with van der Waals surface area (Å²) in [5.74, 6) is 1.47. The summed E-state index contributed by atoms with van der Waals surface area (Å²) in [5, 5.41) is 5.61. The van der Waals surface area contributed by atoms with Gasteiger partial charge in [0.1, 0.15) is 5.82 Å². The van der Waals surface area contributed by atoms with Crippen LogP contribution in [-0.2, 0) is 0 Å². The van der Waals surface area contributed by atoms with Gasteiger partial charge >= 0.3 is 0 Å². The van der Waals surface area contributed by atoms with Gasteiger partial charge in [-0.25, -0.2) is 15.0 Å². The predicted octanol–water partition coefficient (Wildman–Crippen LogP) is 3.46. The third kappa shape index (κ3) is 2.46. The van der Waals surface area contributed by atoms with Crippen LogP contribution in [0.4, 0.5) is 0 Å². The number of fused-ring (bicyclic) bond motifs is 2. The Kier molecular flexibility index (Phi) is 3.12. The van der Waals surface area contributed by atoms with Crippen molar-refractivity contribution in [2.75, 3.05) is 0 Å². The molecule has 3 heterocycles. The fourth-order valence-corrected chi connectivity index (χ4v) is 2.52. The maximum atomic E-state index is 4.62. The molecular weight excluding hydrogens is 286 g/mol. The molecular formula is C18H15N5. The summed E-state index contributed by atoms with van der Waals surface area (Å²) < 4.78 is 1.77. The average Bonchev–Trinajstić information content (AvgIpc) is 3.02. The van der Waals surface area contributed by atoms with E-state index < -0.39 is 0 Å². The molecule has 0 atom stereocenters. The van der Waals surface area contributed by atoms with Crippen molar-refractivity contribution in [2.24, 2.45) is 0 Å². The van der Waals surface area contributed by atoms with Crippen LogP contribution < -0.4 is 0 Å². The van der Waals surface area contributed by atoms with Crippen molar-refractivity contribution in [3.63, 3.8) is 0 Å². The van der Waals surface area contributed by atoms with Gasteiger partial charge < -0.3 is 0 Å². The van der Waals surface area contributed by atoms with E-state index in [0.29, 0.717) is 5.82 Å². The molecule has 0 bridgehead atoms. The molecule has 0 unspecified atom stereocenters. The molecule has 0 N–H and O–H groups in total. The molecule has 4 aromatic rings. The fourth-order valence-electron chi connectivity index (χ4n) is 2.52. The smallest absolute Gasteiger partial charge is 0.175 e. The van der Waals surface area contributed by atoms with Crippen molar-refractivity contribution in [1.82, 2.24) is 24.6 Å². The number of aryl methyl sites for hydroxylation is 2. The maximum Gasteiger partial charge on any atom is 0.175 e. The number of rotatable bonds is 2. The molecule has 3 aromatic heterocycles. The molecule has 0 saturated heterocycles. The van der Waals surface area contributed by atoms with E-state index in [1.54, 1.807) is 4.52 Å². The van der Waals surface area contributed by atoms with Crippen molar-refractivity contribution < 1.29 is 0 Å². The summed E-state index contributed by atoms with van der Waals surface area (Å²) in [6.07, 6.45) is 5.63. The lowest BCUT2D eigenvalue weighted by Crippen LogP contribution is -1.98. The summed E-state index contributed by atoms with van der Waals surface area (Å²) in [6.45, 7) is 3.90. The highest BCUT2D eigenvalue weighted by Crippen LogP contribution is 2.14. The van der Waals surface area contributed by atoms with Crippen LogP contribution in [0.1, 0.15) is 22.9 Å². The van der Waals surface area contributed by atoms with Gasteiger partial charge in [0, 0.05) is 17.1 Å². The molecule has 0 spiro atoms. The van der Waals surface area contributed by atoms with Crippen molar-refractivity contribution in [3.05, 3.63) is 65.5 Å². The Hall–Kier alpha value is -3.08. The van der Waals surface area contributed by atoms with Crippen LogP contribution in [0.25, 0.3) is 28.7 Å². The molecule has 5 heteroatoms. The molecule has 4 rings (SSSR count). The van der Waals surface area contributed by atoms with Crippen molar-refractivity contribution >= 4 is 28.7 Å². The molecule has 23 heavy (non-hydrogen) atoms. The van der Waals surface area contributed by atoms with Crippen molar-refractivity contribution in [2.45, 2.75) is 13.8 Å². The molecule has 5 nitrogen and oxygen atoms in total. The lowest BCUT2D eigenvalue weighted by Gasteiger charge is -1.97. The second kappa shape index (κ2) is 5.28. The molecule has 0 saturated carbocycles. The Morgan fingerprint density at radius 1 is 0.957 bits per heavy atom. The quantitative estimate of drug-likeness (QED) is 0.569. The number of pyridine rings is 1. The zero-order chi connectivity index (χ0) is 15.8. The number of benzene rings is 1. The lowest BCUT2D eigenvalue weighted by atomic mass is 10.2. The fraction of sp³-hybridized carbons (Fsp3) is 0.111. The summed E-state index contributed by atoms with van der Waals surface area (Å²) in [4.78, 5) is 13.5. The Balaban J connectivity index is 1.72. The highest BCUT2D eigenvalue weighted by atomic mass is 15.3. The molecule has 1 aromatic carbocycles. The SMILES string of the molecule is Cc1cnc(C)n2nc(/C=C/c3ccc4ccccc4n3)nc12. The van der Waals surface area contributed by atoms with Crippen LogP contribution in [0.15, 0.2) is 42.6 Å². The lowest BCUT2D eigenvalue weighted by molar-refractivity contribution is 0.854. The van der Waals surface area contributed by atoms with Crippen LogP contribution in [0.3, 0.4) is 0 Å². The summed E-state index contributed by atoms with van der Waals surface area (Å²) in [5.41, 5.74) is 3.71. The molecule has 0 amide bonds. The second-order valence-electron chi connectivity index (χ2n) is 5.46. The van der Waals surface area contributed by atoms with Gasteiger partial charge in [-0.15, -0.1) is 5.10 Å². The standard InChI is InChI=1S/C18H15N5/c1-12-11-19-13(2)23-18(12)21-17(22-23)10-9-15-8-7-14-5-3-4-6-16(14)20-15/h3-11H,1-2H3/b10-9+. The van der Waals surface area contributed by atoms with E-state index in [1.807, 2.05) is 56.5 Å². The van der Waals surface area contributed by atoms with Gasteiger partial charge in [-0.2, -0.15) is 4.52 Å². The van der Waals surface area contributed by atoms with Gasteiger partial charge in [0.2, 0.25) is 0 Å². The number of para-hydroxylation sites is 1. The van der Waals surface area contributed by atoms with Crippen LogP contribution in [0.2, 0.25) is 0 Å². The number of hydrogen-bond acceptors (Lipinski definition) is 4. The Morgan fingerprint density at radius 2 is 1.83 bits per heavy atom. The minimum atomic E-state index is 0.652. The highest BCUT2D eigenvalue weighted by Gasteiger charge is 2.06. The van der Waals surface area contributed by atoms with Gasteiger partial charge in [0.15, 0.2) is 11.5 Å². The zero-order valence-corrected chi connectivity index (χ0v) is 12.9. The van der Waals surface area contributed by atoms with Gasteiger partial charge in [0.25, 0.3) is 0 Å². The third-order valence-corrected chi connectivity index (χ3v) is 3.75. The second-order valence-corrected chi connectivity index (χ2v) is 5.46. The predicted molar refractivity (Wildman–Crippen MR) is 90.9 cm³/mol. The monoisotopic (exact) mass is 301 g/mol. The van der Waals surface area contributed by atoms with E-state index in [-0.39, 0.29) is 0 Å². The van der Waals surface area contributed by atoms with E-state index in [4.69, 9.17) is 0 Å². The molecule has 0 aliphatic carbocycles. The minimum absolute atomic E-state index is 0.652. The third-order valence-electron chi connectivity index (χ3n) is 3.75. The largest absolute Gasteiger partial charge is 0.248 e. The first-order valence-electron chi connectivity index (χ1n) is 7.43. The minimum Gasteiger partial charge on any atom is -0.248 e. The Bertz CT molecular complexity index is 1010. The highest BCUT2D eigenvalue weighted by molar-refractivity contribution is 5.80. The molecule has 0 aliphatic heterocycles. The van der Waals surface area contributed by atoms with Crippen LogP contribution in [0.5, 0.6) is 0 Å². The van der Waals surface area contributed by atoms with Gasteiger partial charge in [-0.3, -0.25) is 0 Å². The van der Waals surface area contributed by atoms with Gasteiger partial charge in [0.05, 0.1) is 11.2 Å². The first kappa shape index (κ1) is 13.6.